The van der Waals surface area contributed by atoms with Crippen LogP contribution in [0.3, 0.4) is 0 Å². The Hall–Kier alpha value is 0.300. The van der Waals surface area contributed by atoms with Crippen LogP contribution in [0.4, 0.5) is 0 Å². The third-order valence-electron chi connectivity index (χ3n) is 2.31. The van der Waals surface area contributed by atoms with E-state index in [0.717, 1.165) is 12.8 Å². The lowest BCUT2D eigenvalue weighted by Crippen LogP contribution is -2.39. The molecule has 1 aliphatic rings. The van der Waals surface area contributed by atoms with Crippen molar-refractivity contribution in [1.29, 1.82) is 0 Å². The summed E-state index contributed by atoms with van der Waals surface area (Å²) in [4.78, 5) is 11.5. The molecule has 1 saturated heterocycles. The summed E-state index contributed by atoms with van der Waals surface area (Å²) >= 11 is 16.9. The van der Waals surface area contributed by atoms with E-state index in [1.165, 1.54) is 0 Å². The quantitative estimate of drug-likeness (QED) is 0.804. The zero-order chi connectivity index (χ0) is 11.7. The molecule has 0 aromatic carbocycles. The first kappa shape index (κ1) is 13.4. The number of unbranched alkanes of at least 4 members (excludes halogenated alkanes) is 1. The average Bonchev–Trinajstić information content (AvgIpc) is 2.39. The topological polar surface area (TPSA) is 38.3 Å². The summed E-state index contributed by atoms with van der Waals surface area (Å²) < 4.78 is 3.76. The summed E-state index contributed by atoms with van der Waals surface area (Å²) in [6, 6.07) is 0. The molecule has 1 amide bonds. The van der Waals surface area contributed by atoms with Crippen LogP contribution in [0.1, 0.15) is 33.1 Å². The molecular formula is C9H14Cl3NO2. The summed E-state index contributed by atoms with van der Waals surface area (Å²) in [5, 5.41) is 2.71. The molecule has 1 rings (SSSR count). The van der Waals surface area contributed by atoms with Crippen LogP contribution in [0.2, 0.25) is 0 Å². The Morgan fingerprint density at radius 3 is 2.53 bits per heavy atom. The fourth-order valence-corrected chi connectivity index (χ4v) is 1.95. The lowest BCUT2D eigenvalue weighted by molar-refractivity contribution is -0.123. The van der Waals surface area contributed by atoms with Gasteiger partial charge in [-0.2, -0.15) is 0 Å². The van der Waals surface area contributed by atoms with E-state index in [1.54, 1.807) is 6.92 Å². The molecule has 1 fully saturated rings. The lowest BCUT2D eigenvalue weighted by atomic mass is 10.1. The van der Waals surface area contributed by atoms with E-state index < -0.39 is 15.6 Å². The molecule has 1 heterocycles. The Balaban J connectivity index is 2.66. The van der Waals surface area contributed by atoms with Crippen molar-refractivity contribution in [3.8, 4) is 0 Å². The Bertz CT molecular complexity index is 254. The number of carbonyl (C=O) groups excluding carboxylic acids is 1. The van der Waals surface area contributed by atoms with Gasteiger partial charge in [-0.05, 0) is 19.8 Å². The number of rotatable bonds is 3. The molecule has 0 spiro atoms. The van der Waals surface area contributed by atoms with Crippen LogP contribution in [-0.2, 0) is 9.53 Å². The minimum absolute atomic E-state index is 0.367. The van der Waals surface area contributed by atoms with Crippen molar-refractivity contribution in [3.05, 3.63) is 0 Å². The molecule has 0 saturated carbocycles. The standard InChI is InChI=1S/C9H14Cl3NO2/c1-3-4-5-8(2)13-7(14)6(15-8)9(10,11)12/h6H,3-5H2,1-2H3,(H,13,14)/t6-,8-/m1/s1. The third kappa shape index (κ3) is 3.38. The van der Waals surface area contributed by atoms with Gasteiger partial charge in [0.1, 0.15) is 5.72 Å². The van der Waals surface area contributed by atoms with E-state index in [2.05, 4.69) is 12.2 Å². The van der Waals surface area contributed by atoms with E-state index in [-0.39, 0.29) is 5.91 Å². The van der Waals surface area contributed by atoms with Crippen LogP contribution in [-0.4, -0.2) is 21.5 Å². The van der Waals surface area contributed by atoms with Gasteiger partial charge in [0.05, 0.1) is 0 Å². The lowest BCUT2D eigenvalue weighted by Gasteiger charge is -2.25. The van der Waals surface area contributed by atoms with Gasteiger partial charge < -0.3 is 10.1 Å². The molecule has 0 bridgehead atoms. The van der Waals surface area contributed by atoms with E-state index in [9.17, 15) is 4.79 Å². The van der Waals surface area contributed by atoms with Gasteiger partial charge in [-0.25, -0.2) is 0 Å². The predicted octanol–water partition coefficient (Wildman–Crippen LogP) is 2.78. The molecule has 3 nitrogen and oxygen atoms in total. The number of halogens is 3. The van der Waals surface area contributed by atoms with Crippen molar-refractivity contribution in [3.63, 3.8) is 0 Å². The van der Waals surface area contributed by atoms with Gasteiger partial charge in [-0.1, -0.05) is 48.1 Å². The maximum absolute atomic E-state index is 11.5. The van der Waals surface area contributed by atoms with Crippen molar-refractivity contribution in [2.24, 2.45) is 0 Å². The summed E-state index contributed by atoms with van der Waals surface area (Å²) in [6.07, 6.45) is 1.66. The second-order valence-corrected chi connectivity index (χ2v) is 6.23. The highest BCUT2D eigenvalue weighted by atomic mass is 35.6. The van der Waals surface area contributed by atoms with Gasteiger partial charge >= 0.3 is 0 Å². The van der Waals surface area contributed by atoms with Gasteiger partial charge in [0, 0.05) is 0 Å². The summed E-state index contributed by atoms with van der Waals surface area (Å²) in [6.45, 7) is 3.85. The second kappa shape index (κ2) is 4.66. The predicted molar refractivity (Wildman–Crippen MR) is 61.2 cm³/mol. The zero-order valence-electron chi connectivity index (χ0n) is 8.65. The van der Waals surface area contributed by atoms with Crippen molar-refractivity contribution >= 4 is 40.7 Å². The molecule has 2 atom stereocenters. The van der Waals surface area contributed by atoms with Crippen molar-refractivity contribution < 1.29 is 9.53 Å². The molecule has 0 unspecified atom stereocenters. The monoisotopic (exact) mass is 273 g/mol. The molecule has 0 radical (unpaired) electrons. The molecule has 1 aliphatic heterocycles. The molecule has 0 aromatic heterocycles. The van der Waals surface area contributed by atoms with Crippen LogP contribution in [0.5, 0.6) is 0 Å². The molecule has 6 heteroatoms. The minimum atomic E-state index is -1.71. The van der Waals surface area contributed by atoms with Crippen LogP contribution in [0, 0.1) is 0 Å². The van der Waals surface area contributed by atoms with E-state index in [0.29, 0.717) is 6.42 Å². The fourth-order valence-electron chi connectivity index (χ4n) is 1.52. The normalized spacial score (nSPS) is 31.8. The molecule has 1 N–H and O–H groups in total. The number of alkyl halides is 3. The SMILES string of the molecule is CCCC[C@]1(C)NC(=O)[C@H](C(Cl)(Cl)Cl)O1. The Morgan fingerprint density at radius 2 is 2.13 bits per heavy atom. The molecule has 0 aliphatic carbocycles. The first-order valence-electron chi connectivity index (χ1n) is 4.85. The highest BCUT2D eigenvalue weighted by Crippen LogP contribution is 2.38. The maximum Gasteiger partial charge on any atom is 0.255 e. The third-order valence-corrected chi connectivity index (χ3v) is 2.90. The van der Waals surface area contributed by atoms with Gasteiger partial charge in [0.2, 0.25) is 3.79 Å². The molecule has 15 heavy (non-hydrogen) atoms. The second-order valence-electron chi connectivity index (χ2n) is 3.86. The van der Waals surface area contributed by atoms with E-state index in [4.69, 9.17) is 39.5 Å². The number of hydrogen-bond donors (Lipinski definition) is 1. The summed E-state index contributed by atoms with van der Waals surface area (Å²) in [5.41, 5.74) is -0.707. The first-order chi connectivity index (χ1) is 6.78. The summed E-state index contributed by atoms with van der Waals surface area (Å²) in [7, 11) is 0. The van der Waals surface area contributed by atoms with E-state index >= 15 is 0 Å². The number of carbonyl (C=O) groups is 1. The van der Waals surface area contributed by atoms with Crippen LogP contribution >= 0.6 is 34.8 Å². The van der Waals surface area contributed by atoms with Crippen LogP contribution < -0.4 is 5.32 Å². The number of ether oxygens (including phenoxy) is 1. The molecule has 0 aromatic rings. The first-order valence-corrected chi connectivity index (χ1v) is 5.98. The van der Waals surface area contributed by atoms with Gasteiger partial charge in [-0.3, -0.25) is 4.79 Å². The van der Waals surface area contributed by atoms with Crippen molar-refractivity contribution in [2.75, 3.05) is 0 Å². The largest absolute Gasteiger partial charge is 0.338 e. The molecule has 88 valence electrons. The van der Waals surface area contributed by atoms with E-state index in [1.807, 2.05) is 0 Å². The number of amides is 1. The average molecular weight is 275 g/mol. The zero-order valence-corrected chi connectivity index (χ0v) is 10.9. The number of hydrogen-bond acceptors (Lipinski definition) is 2. The highest BCUT2D eigenvalue weighted by molar-refractivity contribution is 6.68. The van der Waals surface area contributed by atoms with Crippen LogP contribution in [0.15, 0.2) is 0 Å². The Morgan fingerprint density at radius 1 is 1.53 bits per heavy atom. The summed E-state index contributed by atoms with van der Waals surface area (Å²) in [5.74, 6) is -0.367. The smallest absolute Gasteiger partial charge is 0.255 e. The van der Waals surface area contributed by atoms with Crippen LogP contribution in [0.25, 0.3) is 0 Å². The Labute approximate surface area is 104 Å². The van der Waals surface area contributed by atoms with Crippen molar-refractivity contribution in [2.45, 2.75) is 48.7 Å². The Kier molecular flexibility index (Phi) is 4.15. The van der Waals surface area contributed by atoms with Gasteiger partial charge in [0.25, 0.3) is 5.91 Å². The minimum Gasteiger partial charge on any atom is -0.338 e. The fraction of sp³-hybridized carbons (Fsp3) is 0.889. The number of nitrogens with one attached hydrogen (secondary N) is 1. The van der Waals surface area contributed by atoms with Gasteiger partial charge in [-0.15, -0.1) is 0 Å². The molecular weight excluding hydrogens is 260 g/mol. The van der Waals surface area contributed by atoms with Gasteiger partial charge in [0.15, 0.2) is 6.10 Å². The van der Waals surface area contributed by atoms with Crippen molar-refractivity contribution in [1.82, 2.24) is 5.32 Å². The maximum atomic E-state index is 11.5. The highest BCUT2D eigenvalue weighted by Gasteiger charge is 2.50.